The van der Waals surface area contributed by atoms with Crippen LogP contribution >= 0.6 is 11.3 Å². The Morgan fingerprint density at radius 2 is 2.05 bits per heavy atom. The first-order chi connectivity index (χ1) is 9.45. The fraction of sp³-hybridized carbons (Fsp3) is 0.231. The van der Waals surface area contributed by atoms with Crippen LogP contribution in [0.5, 0.6) is 0 Å². The number of rotatable bonds is 5. The van der Waals surface area contributed by atoms with Crippen molar-refractivity contribution < 1.29 is 17.9 Å². The summed E-state index contributed by atoms with van der Waals surface area (Å²) in [5.74, 6) is -0.459. The molecule has 0 unspecified atom stereocenters. The van der Waals surface area contributed by atoms with Crippen molar-refractivity contribution in [3.8, 4) is 0 Å². The molecule has 0 saturated heterocycles. The monoisotopic (exact) mass is 315 g/mol. The second-order valence-electron chi connectivity index (χ2n) is 4.25. The third-order valence-electron chi connectivity index (χ3n) is 2.81. The first-order valence-corrected chi connectivity index (χ1v) is 8.23. The van der Waals surface area contributed by atoms with Gasteiger partial charge in [0.05, 0.1) is 11.5 Å². The number of hydrogen-bond donors (Lipinski definition) is 2. The minimum Gasteiger partial charge on any atom is -0.391 e. The fourth-order valence-corrected chi connectivity index (χ4v) is 4.51. The van der Waals surface area contributed by atoms with E-state index in [2.05, 4.69) is 4.72 Å². The minimum absolute atomic E-state index is 0.0846. The lowest BCUT2D eigenvalue weighted by atomic mass is 10.2. The Bertz CT molecular complexity index is 710. The summed E-state index contributed by atoms with van der Waals surface area (Å²) in [6.45, 7) is 1.19. The van der Waals surface area contributed by atoms with E-state index in [1.54, 1.807) is 24.4 Å². The average molecular weight is 315 g/mol. The average Bonchev–Trinajstić information content (AvgIpc) is 2.80. The first-order valence-electron chi connectivity index (χ1n) is 5.86. The van der Waals surface area contributed by atoms with Crippen molar-refractivity contribution in [2.24, 2.45) is 0 Å². The molecule has 7 heteroatoms. The van der Waals surface area contributed by atoms with E-state index in [9.17, 15) is 17.9 Å². The summed E-state index contributed by atoms with van der Waals surface area (Å²) in [6.07, 6.45) is 0. The number of sulfonamides is 1. The normalized spacial score (nSPS) is 11.8. The van der Waals surface area contributed by atoms with Gasteiger partial charge in [-0.3, -0.25) is 0 Å². The molecule has 2 rings (SSSR count). The molecule has 4 nitrogen and oxygen atoms in total. The van der Waals surface area contributed by atoms with E-state index >= 15 is 0 Å². The SMILES string of the molecule is Cc1csc(CO)c1S(=O)(=O)NCc1ccccc1F. The zero-order valence-electron chi connectivity index (χ0n) is 10.8. The Balaban J connectivity index is 2.24. The lowest BCUT2D eigenvalue weighted by molar-refractivity contribution is 0.282. The molecule has 0 atom stereocenters. The third-order valence-corrected chi connectivity index (χ3v) is 5.66. The summed E-state index contributed by atoms with van der Waals surface area (Å²) in [5.41, 5.74) is 0.842. The lowest BCUT2D eigenvalue weighted by Gasteiger charge is -2.09. The predicted molar refractivity (Wildman–Crippen MR) is 75.4 cm³/mol. The summed E-state index contributed by atoms with van der Waals surface area (Å²) in [7, 11) is -3.77. The van der Waals surface area contributed by atoms with Crippen molar-refractivity contribution in [1.29, 1.82) is 0 Å². The molecule has 0 amide bonds. The molecule has 0 aliphatic carbocycles. The van der Waals surface area contributed by atoms with Gasteiger partial charge in [-0.2, -0.15) is 0 Å². The quantitative estimate of drug-likeness (QED) is 0.888. The number of thiophene rings is 1. The van der Waals surface area contributed by atoms with Crippen LogP contribution in [0.2, 0.25) is 0 Å². The van der Waals surface area contributed by atoms with E-state index < -0.39 is 15.8 Å². The zero-order valence-corrected chi connectivity index (χ0v) is 12.4. The van der Waals surface area contributed by atoms with Crippen LogP contribution in [0.25, 0.3) is 0 Å². The molecule has 0 radical (unpaired) electrons. The van der Waals surface area contributed by atoms with Gasteiger partial charge >= 0.3 is 0 Å². The van der Waals surface area contributed by atoms with E-state index in [4.69, 9.17) is 0 Å². The summed E-state index contributed by atoms with van der Waals surface area (Å²) in [6, 6.07) is 5.98. The summed E-state index contributed by atoms with van der Waals surface area (Å²) < 4.78 is 40.3. The highest BCUT2D eigenvalue weighted by Crippen LogP contribution is 2.26. The van der Waals surface area contributed by atoms with Gasteiger partial charge in [0.1, 0.15) is 10.7 Å². The largest absolute Gasteiger partial charge is 0.391 e. The van der Waals surface area contributed by atoms with Crippen LogP contribution in [0.15, 0.2) is 34.5 Å². The summed E-state index contributed by atoms with van der Waals surface area (Å²) >= 11 is 1.18. The molecule has 0 spiro atoms. The second kappa shape index (κ2) is 6.01. The number of nitrogens with one attached hydrogen (secondary N) is 1. The van der Waals surface area contributed by atoms with Crippen molar-refractivity contribution in [2.45, 2.75) is 25.0 Å². The van der Waals surface area contributed by atoms with E-state index in [0.717, 1.165) is 0 Å². The van der Waals surface area contributed by atoms with Gasteiger partial charge in [-0.25, -0.2) is 17.5 Å². The molecule has 0 aliphatic rings. The molecular formula is C13H14FNO3S2. The maximum atomic E-state index is 13.5. The van der Waals surface area contributed by atoms with Gasteiger partial charge in [-0.15, -0.1) is 11.3 Å². The molecule has 1 heterocycles. The Morgan fingerprint density at radius 1 is 1.35 bits per heavy atom. The highest BCUT2D eigenvalue weighted by Gasteiger charge is 2.22. The van der Waals surface area contributed by atoms with E-state index in [0.29, 0.717) is 10.4 Å². The molecule has 108 valence electrons. The van der Waals surface area contributed by atoms with Gasteiger partial charge in [0.15, 0.2) is 0 Å². The van der Waals surface area contributed by atoms with Crippen LogP contribution in [0.1, 0.15) is 16.0 Å². The smallest absolute Gasteiger partial charge is 0.242 e. The Morgan fingerprint density at radius 3 is 2.70 bits per heavy atom. The lowest BCUT2D eigenvalue weighted by Crippen LogP contribution is -2.24. The van der Waals surface area contributed by atoms with Crippen LogP contribution in [-0.4, -0.2) is 13.5 Å². The van der Waals surface area contributed by atoms with Crippen molar-refractivity contribution in [3.63, 3.8) is 0 Å². The molecule has 0 bridgehead atoms. The van der Waals surface area contributed by atoms with Crippen molar-refractivity contribution in [3.05, 3.63) is 51.5 Å². The van der Waals surface area contributed by atoms with Crippen molar-refractivity contribution in [2.75, 3.05) is 0 Å². The molecule has 20 heavy (non-hydrogen) atoms. The fourth-order valence-electron chi connectivity index (χ4n) is 1.84. The molecular weight excluding hydrogens is 301 g/mol. The van der Waals surface area contributed by atoms with Gasteiger partial charge in [0, 0.05) is 12.1 Å². The Kier molecular flexibility index (Phi) is 4.54. The van der Waals surface area contributed by atoms with Crippen LogP contribution < -0.4 is 4.72 Å². The second-order valence-corrected chi connectivity index (χ2v) is 6.91. The molecule has 2 N–H and O–H groups in total. The Labute approximate surface area is 120 Å². The molecule has 1 aromatic heterocycles. The topological polar surface area (TPSA) is 66.4 Å². The standard InChI is InChI=1S/C13H14FNO3S2/c1-9-8-19-12(7-16)13(9)20(17,18)15-6-10-4-2-3-5-11(10)14/h2-5,8,15-16H,6-7H2,1H3. The highest BCUT2D eigenvalue weighted by atomic mass is 32.2. The maximum Gasteiger partial charge on any atom is 0.242 e. The number of aryl methyl sites for hydroxylation is 1. The number of aliphatic hydroxyl groups is 1. The molecule has 0 aliphatic heterocycles. The molecule has 2 aromatic rings. The zero-order chi connectivity index (χ0) is 14.8. The highest BCUT2D eigenvalue weighted by molar-refractivity contribution is 7.89. The van der Waals surface area contributed by atoms with Crippen LogP contribution in [0.4, 0.5) is 4.39 Å². The number of hydrogen-bond acceptors (Lipinski definition) is 4. The van der Waals surface area contributed by atoms with Gasteiger partial charge < -0.3 is 5.11 Å². The van der Waals surface area contributed by atoms with Crippen molar-refractivity contribution in [1.82, 2.24) is 4.72 Å². The van der Waals surface area contributed by atoms with Gasteiger partial charge in [-0.05, 0) is 23.9 Å². The van der Waals surface area contributed by atoms with Crippen molar-refractivity contribution >= 4 is 21.4 Å². The number of benzene rings is 1. The Hall–Kier alpha value is -1.28. The van der Waals surface area contributed by atoms with Gasteiger partial charge in [-0.1, -0.05) is 18.2 Å². The summed E-state index contributed by atoms with van der Waals surface area (Å²) in [4.78, 5) is 0.463. The van der Waals surface area contributed by atoms with Crippen LogP contribution in [0.3, 0.4) is 0 Å². The number of halogens is 1. The van der Waals surface area contributed by atoms with Gasteiger partial charge in [0.2, 0.25) is 10.0 Å². The molecule has 0 saturated carbocycles. The van der Waals surface area contributed by atoms with E-state index in [1.165, 1.54) is 23.5 Å². The van der Waals surface area contributed by atoms with Gasteiger partial charge in [0.25, 0.3) is 0 Å². The number of aliphatic hydroxyl groups excluding tert-OH is 1. The maximum absolute atomic E-state index is 13.5. The third kappa shape index (κ3) is 3.06. The minimum atomic E-state index is -3.77. The first kappa shape index (κ1) is 15.1. The molecule has 1 aromatic carbocycles. The summed E-state index contributed by atoms with van der Waals surface area (Å²) in [5, 5.41) is 10.9. The predicted octanol–water partition coefficient (Wildman–Crippen LogP) is 2.17. The van der Waals surface area contributed by atoms with E-state index in [1.807, 2.05) is 0 Å². The van der Waals surface area contributed by atoms with E-state index in [-0.39, 0.29) is 23.6 Å². The molecule has 0 fully saturated rings. The van der Waals surface area contributed by atoms with Crippen LogP contribution in [0, 0.1) is 12.7 Å². The van der Waals surface area contributed by atoms with Crippen LogP contribution in [-0.2, 0) is 23.2 Å².